The molecule has 2 aromatic carbocycles. The van der Waals surface area contributed by atoms with E-state index in [4.69, 9.17) is 14.2 Å². The van der Waals surface area contributed by atoms with E-state index >= 15 is 0 Å². The Kier molecular flexibility index (Phi) is 8.69. The molecule has 5 heteroatoms. The van der Waals surface area contributed by atoms with Gasteiger partial charge in [0.15, 0.2) is 12.6 Å². The molecule has 0 unspecified atom stereocenters. The minimum absolute atomic E-state index is 0.0649. The fraction of sp³-hybridized carbons (Fsp3) is 0.217. The van der Waals surface area contributed by atoms with E-state index in [-0.39, 0.29) is 18.5 Å². The highest BCUT2D eigenvalue weighted by Crippen LogP contribution is 2.14. The Hall–Kier alpha value is -3.18. The van der Waals surface area contributed by atoms with Crippen molar-refractivity contribution in [2.45, 2.75) is 19.8 Å². The first kappa shape index (κ1) is 21.1. The Balaban J connectivity index is 1.75. The molecule has 0 aliphatic heterocycles. The van der Waals surface area contributed by atoms with Crippen LogP contribution in [-0.2, 0) is 20.7 Å². The Labute approximate surface area is 165 Å². The van der Waals surface area contributed by atoms with Crippen molar-refractivity contribution in [1.82, 2.24) is 0 Å². The van der Waals surface area contributed by atoms with Crippen molar-refractivity contribution in [1.29, 1.82) is 0 Å². The summed E-state index contributed by atoms with van der Waals surface area (Å²) in [5.74, 6) is 0.846. The molecule has 0 aliphatic rings. The monoisotopic (exact) mass is 380 g/mol. The molecule has 0 saturated carbocycles. The minimum atomic E-state index is -0.336. The van der Waals surface area contributed by atoms with Crippen LogP contribution >= 0.6 is 0 Å². The van der Waals surface area contributed by atoms with E-state index in [0.29, 0.717) is 11.5 Å². The van der Waals surface area contributed by atoms with Gasteiger partial charge in [-0.15, -0.1) is 0 Å². The number of benzene rings is 2. The summed E-state index contributed by atoms with van der Waals surface area (Å²) in [6.07, 6.45) is 8.28. The number of aryl methyl sites for hydroxylation is 1. The number of hydrogen-bond acceptors (Lipinski definition) is 5. The van der Waals surface area contributed by atoms with Crippen molar-refractivity contribution in [2.75, 3.05) is 13.9 Å². The number of carbonyl (C=O) groups excluding carboxylic acids is 2. The first-order chi connectivity index (χ1) is 13.6. The second kappa shape index (κ2) is 11.5. The summed E-state index contributed by atoms with van der Waals surface area (Å²) in [7, 11) is 1.57. The van der Waals surface area contributed by atoms with E-state index in [1.807, 2.05) is 42.5 Å². The highest BCUT2D eigenvalue weighted by atomic mass is 16.7. The zero-order valence-corrected chi connectivity index (χ0v) is 16.1. The number of ether oxygens (including phenoxy) is 3. The van der Waals surface area contributed by atoms with Gasteiger partial charge in [0.1, 0.15) is 11.5 Å². The number of esters is 1. The van der Waals surface area contributed by atoms with Gasteiger partial charge in [0, 0.05) is 14.0 Å². The van der Waals surface area contributed by atoms with Gasteiger partial charge in [-0.05, 0) is 60.4 Å². The molecule has 0 amide bonds. The quantitative estimate of drug-likeness (QED) is 0.265. The number of carbonyl (C=O) groups is 2. The molecule has 146 valence electrons. The van der Waals surface area contributed by atoms with E-state index in [2.05, 4.69) is 0 Å². The highest BCUT2D eigenvalue weighted by molar-refractivity contribution is 6.01. The summed E-state index contributed by atoms with van der Waals surface area (Å²) in [5, 5.41) is 0. The second-order valence-corrected chi connectivity index (χ2v) is 6.03. The van der Waals surface area contributed by atoms with Crippen LogP contribution in [0.2, 0.25) is 0 Å². The molecule has 0 radical (unpaired) electrons. The maximum atomic E-state index is 11.9. The maximum Gasteiger partial charge on any atom is 0.308 e. The van der Waals surface area contributed by atoms with Gasteiger partial charge in [-0.1, -0.05) is 36.4 Å². The van der Waals surface area contributed by atoms with Crippen molar-refractivity contribution >= 4 is 17.8 Å². The number of hydrogen-bond donors (Lipinski definition) is 0. The molecule has 0 saturated heterocycles. The van der Waals surface area contributed by atoms with Gasteiger partial charge in [0.05, 0.1) is 0 Å². The molecular formula is C23H24O5. The van der Waals surface area contributed by atoms with Gasteiger partial charge >= 0.3 is 5.97 Å². The van der Waals surface area contributed by atoms with Crippen molar-refractivity contribution in [3.8, 4) is 11.5 Å². The average Bonchev–Trinajstić information content (AvgIpc) is 2.69. The third kappa shape index (κ3) is 8.01. The van der Waals surface area contributed by atoms with E-state index in [0.717, 1.165) is 24.0 Å². The Bertz CT molecular complexity index is 817. The lowest BCUT2D eigenvalue weighted by molar-refractivity contribution is -0.131. The topological polar surface area (TPSA) is 61.8 Å². The van der Waals surface area contributed by atoms with Crippen LogP contribution in [0.3, 0.4) is 0 Å². The first-order valence-corrected chi connectivity index (χ1v) is 8.94. The zero-order chi connectivity index (χ0) is 20.2. The van der Waals surface area contributed by atoms with Gasteiger partial charge in [-0.3, -0.25) is 9.59 Å². The summed E-state index contributed by atoms with van der Waals surface area (Å²) in [6, 6.07) is 14.7. The third-order valence-corrected chi connectivity index (χ3v) is 3.73. The fourth-order valence-electron chi connectivity index (χ4n) is 2.38. The van der Waals surface area contributed by atoms with Crippen LogP contribution in [0.1, 0.15) is 24.5 Å². The number of methoxy groups -OCH3 is 1. The summed E-state index contributed by atoms with van der Waals surface area (Å²) >= 11 is 0. The molecule has 28 heavy (non-hydrogen) atoms. The third-order valence-electron chi connectivity index (χ3n) is 3.73. The molecule has 5 nitrogen and oxygen atoms in total. The van der Waals surface area contributed by atoms with E-state index in [1.165, 1.54) is 13.0 Å². The molecule has 2 aromatic rings. The number of allylic oxidation sites excluding steroid dienone is 3. The molecule has 0 bridgehead atoms. The Morgan fingerprint density at radius 3 is 2.25 bits per heavy atom. The van der Waals surface area contributed by atoms with Gasteiger partial charge in [0.2, 0.25) is 0 Å². The lowest BCUT2D eigenvalue weighted by Gasteiger charge is -2.03. The Morgan fingerprint density at radius 2 is 1.61 bits per heavy atom. The highest BCUT2D eigenvalue weighted by Gasteiger charge is 1.98. The molecule has 0 atom stereocenters. The summed E-state index contributed by atoms with van der Waals surface area (Å²) in [4.78, 5) is 22.8. The molecule has 2 rings (SSSR count). The van der Waals surface area contributed by atoms with Crippen molar-refractivity contribution in [2.24, 2.45) is 0 Å². The molecule has 0 spiro atoms. The summed E-state index contributed by atoms with van der Waals surface area (Å²) < 4.78 is 15.2. The van der Waals surface area contributed by atoms with Gasteiger partial charge in [0.25, 0.3) is 0 Å². The van der Waals surface area contributed by atoms with Crippen molar-refractivity contribution in [3.05, 3.63) is 77.9 Å². The first-order valence-electron chi connectivity index (χ1n) is 8.94. The molecule has 0 N–H and O–H groups in total. The lowest BCUT2D eigenvalue weighted by Crippen LogP contribution is -2.01. The predicted molar refractivity (Wildman–Crippen MR) is 108 cm³/mol. The lowest BCUT2D eigenvalue weighted by atomic mass is 10.1. The molecular weight excluding hydrogens is 356 g/mol. The summed E-state index contributed by atoms with van der Waals surface area (Å²) in [5.41, 5.74) is 2.03. The normalized spacial score (nSPS) is 11.1. The largest absolute Gasteiger partial charge is 0.468 e. The van der Waals surface area contributed by atoms with Crippen molar-refractivity contribution < 1.29 is 23.8 Å². The SMILES string of the molecule is COCOc1ccc(C=CC(=O)C=CCCc2ccc(OC(C)=O)cc2)cc1. The maximum absolute atomic E-state index is 11.9. The average molecular weight is 380 g/mol. The number of rotatable bonds is 10. The smallest absolute Gasteiger partial charge is 0.308 e. The van der Waals surface area contributed by atoms with E-state index in [1.54, 1.807) is 31.4 Å². The molecule has 0 fully saturated rings. The van der Waals surface area contributed by atoms with Crippen LogP contribution < -0.4 is 9.47 Å². The van der Waals surface area contributed by atoms with Crippen LogP contribution in [0.15, 0.2) is 66.8 Å². The predicted octanol–water partition coefficient (Wildman–Crippen LogP) is 4.37. The van der Waals surface area contributed by atoms with Crippen molar-refractivity contribution in [3.63, 3.8) is 0 Å². The van der Waals surface area contributed by atoms with E-state index < -0.39 is 0 Å². The van der Waals surface area contributed by atoms with Gasteiger partial charge in [-0.2, -0.15) is 0 Å². The van der Waals surface area contributed by atoms with Crippen LogP contribution in [0.5, 0.6) is 11.5 Å². The standard InChI is InChI=1S/C23H24O5/c1-18(24)28-23-15-10-19(11-16-23)5-3-4-6-21(25)12-7-20-8-13-22(14-9-20)27-17-26-2/h4,6-16H,3,5,17H2,1-2H3. The summed E-state index contributed by atoms with van der Waals surface area (Å²) in [6.45, 7) is 1.57. The van der Waals surface area contributed by atoms with Gasteiger partial charge in [-0.25, -0.2) is 0 Å². The van der Waals surface area contributed by atoms with E-state index in [9.17, 15) is 9.59 Å². The molecule has 0 aromatic heterocycles. The second-order valence-electron chi connectivity index (χ2n) is 6.03. The zero-order valence-electron chi connectivity index (χ0n) is 16.1. The van der Waals surface area contributed by atoms with Crippen LogP contribution in [0.4, 0.5) is 0 Å². The molecule has 0 heterocycles. The number of ketones is 1. The van der Waals surface area contributed by atoms with Crippen LogP contribution in [-0.4, -0.2) is 25.7 Å². The van der Waals surface area contributed by atoms with Crippen LogP contribution in [0.25, 0.3) is 6.08 Å². The Morgan fingerprint density at radius 1 is 0.929 bits per heavy atom. The fourth-order valence-corrected chi connectivity index (χ4v) is 2.38. The minimum Gasteiger partial charge on any atom is -0.468 e. The molecule has 0 aliphatic carbocycles. The van der Waals surface area contributed by atoms with Crippen LogP contribution in [0, 0.1) is 0 Å². The van der Waals surface area contributed by atoms with Gasteiger partial charge < -0.3 is 14.2 Å².